The molecule has 0 aliphatic carbocycles. The third-order valence-electron chi connectivity index (χ3n) is 2.09. The lowest BCUT2D eigenvalue weighted by Gasteiger charge is -2.13. The Balaban J connectivity index is 2.34. The minimum absolute atomic E-state index is 0.299. The van der Waals surface area contributed by atoms with Crippen LogP contribution in [0.5, 0.6) is 0 Å². The fourth-order valence-electron chi connectivity index (χ4n) is 1.25. The maximum atomic E-state index is 11.4. The zero-order chi connectivity index (χ0) is 12.7. The summed E-state index contributed by atoms with van der Waals surface area (Å²) in [7, 11) is 0. The quantitative estimate of drug-likeness (QED) is 0.714. The van der Waals surface area contributed by atoms with Crippen LogP contribution >= 0.6 is 11.3 Å². The summed E-state index contributed by atoms with van der Waals surface area (Å²) in [4.78, 5) is 26.2. The van der Waals surface area contributed by atoms with Gasteiger partial charge in [-0.3, -0.25) is 0 Å². The highest BCUT2D eigenvalue weighted by atomic mass is 32.1. The highest BCUT2D eigenvalue weighted by molar-refractivity contribution is 7.07. The molecule has 1 heterocycles. The summed E-state index contributed by atoms with van der Waals surface area (Å²) in [6, 6.07) is -1.32. The Bertz CT molecular complexity index is 367. The first-order valence-corrected chi connectivity index (χ1v) is 6.22. The van der Waals surface area contributed by atoms with Gasteiger partial charge in [-0.2, -0.15) is 0 Å². The van der Waals surface area contributed by atoms with Crippen LogP contribution in [0.2, 0.25) is 0 Å². The van der Waals surface area contributed by atoms with Gasteiger partial charge in [0.25, 0.3) is 0 Å². The second kappa shape index (κ2) is 6.85. The van der Waals surface area contributed by atoms with Crippen molar-refractivity contribution in [3.05, 3.63) is 16.6 Å². The number of aliphatic carboxylic acids is 1. The molecule has 1 aromatic heterocycles. The Morgan fingerprint density at radius 2 is 2.35 bits per heavy atom. The van der Waals surface area contributed by atoms with Gasteiger partial charge in [0.1, 0.15) is 6.04 Å². The zero-order valence-electron chi connectivity index (χ0n) is 9.47. The molecule has 0 radical (unpaired) electrons. The van der Waals surface area contributed by atoms with Crippen LogP contribution in [-0.2, 0) is 11.3 Å². The summed E-state index contributed by atoms with van der Waals surface area (Å²) in [6.45, 7) is 2.17. The Kier molecular flexibility index (Phi) is 5.41. The van der Waals surface area contributed by atoms with Gasteiger partial charge in [-0.15, -0.1) is 11.3 Å². The summed E-state index contributed by atoms with van der Waals surface area (Å²) in [5.74, 6) is -1.02. The minimum atomic E-state index is -1.02. The van der Waals surface area contributed by atoms with Crippen LogP contribution in [-0.4, -0.2) is 28.1 Å². The van der Waals surface area contributed by atoms with Gasteiger partial charge in [0.2, 0.25) is 0 Å². The maximum Gasteiger partial charge on any atom is 0.326 e. The number of nitrogens with zero attached hydrogens (tertiary/aromatic N) is 1. The van der Waals surface area contributed by atoms with Crippen molar-refractivity contribution in [2.24, 2.45) is 0 Å². The molecule has 6 nitrogen and oxygen atoms in total. The van der Waals surface area contributed by atoms with Gasteiger partial charge in [0.15, 0.2) is 0 Å². The maximum absolute atomic E-state index is 11.4. The van der Waals surface area contributed by atoms with Crippen molar-refractivity contribution in [3.63, 3.8) is 0 Å². The summed E-state index contributed by atoms with van der Waals surface area (Å²) in [6.07, 6.45) is 1.11. The van der Waals surface area contributed by atoms with E-state index in [2.05, 4.69) is 15.6 Å². The van der Waals surface area contributed by atoms with Gasteiger partial charge in [0.05, 0.1) is 17.7 Å². The van der Waals surface area contributed by atoms with E-state index in [4.69, 9.17) is 5.11 Å². The number of aromatic nitrogens is 1. The van der Waals surface area contributed by atoms with Crippen LogP contribution in [0.4, 0.5) is 4.79 Å². The van der Waals surface area contributed by atoms with Gasteiger partial charge in [-0.25, -0.2) is 14.6 Å². The number of hydrogen-bond donors (Lipinski definition) is 3. The van der Waals surface area contributed by atoms with Gasteiger partial charge >= 0.3 is 12.0 Å². The number of rotatable bonds is 6. The molecule has 0 saturated carbocycles. The van der Waals surface area contributed by atoms with E-state index in [1.165, 1.54) is 11.3 Å². The topological polar surface area (TPSA) is 91.3 Å². The highest BCUT2D eigenvalue weighted by Crippen LogP contribution is 2.00. The fraction of sp³-hybridized carbons (Fsp3) is 0.500. The number of carbonyl (C=O) groups excluding carboxylic acids is 1. The van der Waals surface area contributed by atoms with E-state index >= 15 is 0 Å². The third-order valence-corrected chi connectivity index (χ3v) is 2.73. The van der Waals surface area contributed by atoms with E-state index in [-0.39, 0.29) is 0 Å². The largest absolute Gasteiger partial charge is 0.480 e. The van der Waals surface area contributed by atoms with Crippen LogP contribution in [0.1, 0.15) is 25.5 Å². The van der Waals surface area contributed by atoms with Crippen LogP contribution in [0, 0.1) is 0 Å². The average molecular weight is 257 g/mol. The summed E-state index contributed by atoms with van der Waals surface area (Å²) in [5.41, 5.74) is 2.43. The highest BCUT2D eigenvalue weighted by Gasteiger charge is 2.18. The first-order chi connectivity index (χ1) is 8.13. The van der Waals surface area contributed by atoms with E-state index in [9.17, 15) is 9.59 Å². The Labute approximate surface area is 103 Å². The molecule has 7 heteroatoms. The lowest BCUT2D eigenvalue weighted by Crippen LogP contribution is -2.45. The van der Waals surface area contributed by atoms with E-state index in [0.717, 1.165) is 5.69 Å². The number of hydrogen-bond acceptors (Lipinski definition) is 4. The molecule has 0 aromatic carbocycles. The predicted molar refractivity (Wildman–Crippen MR) is 63.8 cm³/mol. The number of amides is 2. The molecule has 17 heavy (non-hydrogen) atoms. The van der Waals surface area contributed by atoms with Crippen molar-refractivity contribution in [1.29, 1.82) is 0 Å². The van der Waals surface area contributed by atoms with E-state index in [0.29, 0.717) is 19.4 Å². The van der Waals surface area contributed by atoms with Gasteiger partial charge in [-0.1, -0.05) is 13.3 Å². The summed E-state index contributed by atoms with van der Waals surface area (Å²) in [5, 5.41) is 15.6. The fourth-order valence-corrected chi connectivity index (χ4v) is 1.81. The van der Waals surface area contributed by atoms with Crippen molar-refractivity contribution in [2.75, 3.05) is 0 Å². The molecule has 0 aliphatic rings. The lowest BCUT2D eigenvalue weighted by molar-refractivity contribution is -0.139. The molecule has 0 unspecified atom stereocenters. The molecule has 0 bridgehead atoms. The summed E-state index contributed by atoms with van der Waals surface area (Å²) >= 11 is 1.44. The van der Waals surface area contributed by atoms with Crippen LogP contribution in [0.25, 0.3) is 0 Å². The third kappa shape index (κ3) is 4.81. The van der Waals surface area contributed by atoms with Crippen LogP contribution in [0.3, 0.4) is 0 Å². The van der Waals surface area contributed by atoms with Crippen molar-refractivity contribution in [2.45, 2.75) is 32.4 Å². The Hall–Kier alpha value is -1.63. The first kappa shape index (κ1) is 13.4. The number of carboxylic acid groups (broad SMARTS) is 1. The monoisotopic (exact) mass is 257 g/mol. The molecule has 94 valence electrons. The SMILES string of the molecule is CCC[C@H](NC(=O)NCc1cscn1)C(=O)O. The van der Waals surface area contributed by atoms with E-state index < -0.39 is 18.0 Å². The van der Waals surface area contributed by atoms with Crippen molar-refractivity contribution >= 4 is 23.3 Å². The lowest BCUT2D eigenvalue weighted by atomic mass is 10.2. The normalized spacial score (nSPS) is 11.8. The molecule has 0 fully saturated rings. The molecule has 1 aromatic rings. The van der Waals surface area contributed by atoms with Crippen molar-refractivity contribution < 1.29 is 14.7 Å². The second-order valence-corrected chi connectivity index (χ2v) is 4.20. The average Bonchev–Trinajstić information content (AvgIpc) is 2.78. The van der Waals surface area contributed by atoms with Crippen molar-refractivity contribution in [3.8, 4) is 0 Å². The molecular formula is C10H15N3O3S. The molecule has 3 N–H and O–H groups in total. The summed E-state index contributed by atoms with van der Waals surface area (Å²) < 4.78 is 0. The van der Waals surface area contributed by atoms with Gasteiger partial charge in [0, 0.05) is 5.38 Å². The first-order valence-electron chi connectivity index (χ1n) is 5.27. The van der Waals surface area contributed by atoms with Crippen molar-refractivity contribution in [1.82, 2.24) is 15.6 Å². The molecule has 0 spiro atoms. The number of carbonyl (C=O) groups is 2. The van der Waals surface area contributed by atoms with E-state index in [1.54, 1.807) is 5.51 Å². The van der Waals surface area contributed by atoms with E-state index in [1.807, 2.05) is 12.3 Å². The molecule has 0 saturated heterocycles. The van der Waals surface area contributed by atoms with Gasteiger partial charge in [-0.05, 0) is 6.42 Å². The Morgan fingerprint density at radius 1 is 1.59 bits per heavy atom. The number of urea groups is 1. The second-order valence-electron chi connectivity index (χ2n) is 3.49. The minimum Gasteiger partial charge on any atom is -0.480 e. The van der Waals surface area contributed by atoms with Gasteiger partial charge < -0.3 is 15.7 Å². The molecule has 1 rings (SSSR count). The predicted octanol–water partition coefficient (Wildman–Crippen LogP) is 1.20. The zero-order valence-corrected chi connectivity index (χ0v) is 10.3. The van der Waals surface area contributed by atoms with Crippen LogP contribution < -0.4 is 10.6 Å². The Morgan fingerprint density at radius 3 is 2.88 bits per heavy atom. The number of carboxylic acids is 1. The number of thiazole rings is 1. The van der Waals surface area contributed by atoms with Crippen LogP contribution in [0.15, 0.2) is 10.9 Å². The standard InChI is InChI=1S/C10H15N3O3S/c1-2-3-8(9(14)15)13-10(16)11-4-7-5-17-6-12-7/h5-6,8H,2-4H2,1H3,(H,14,15)(H2,11,13,16)/t8-/m0/s1. The number of nitrogens with one attached hydrogen (secondary N) is 2. The molecular weight excluding hydrogens is 242 g/mol. The molecule has 0 aliphatic heterocycles. The molecule has 1 atom stereocenters. The smallest absolute Gasteiger partial charge is 0.326 e. The molecule has 2 amide bonds.